The number of aromatic nitrogens is 1. The lowest BCUT2D eigenvalue weighted by Crippen LogP contribution is -2.49. The van der Waals surface area contributed by atoms with Gasteiger partial charge < -0.3 is 9.32 Å². The van der Waals surface area contributed by atoms with Crippen molar-refractivity contribution >= 4 is 15.7 Å². The minimum Gasteiger partial charge on any atom is -0.455 e. The molecular formula is C24H27N3O4S. The Bertz CT molecular complexity index is 1150. The molecule has 1 fully saturated rings. The normalized spacial score (nSPS) is 15.1. The minimum absolute atomic E-state index is 0.182. The van der Waals surface area contributed by atoms with Crippen molar-refractivity contribution in [1.82, 2.24) is 14.8 Å². The van der Waals surface area contributed by atoms with Gasteiger partial charge in [0.05, 0.1) is 4.90 Å². The van der Waals surface area contributed by atoms with Crippen LogP contribution in [0.3, 0.4) is 0 Å². The van der Waals surface area contributed by atoms with Crippen LogP contribution in [-0.2, 0) is 22.0 Å². The summed E-state index contributed by atoms with van der Waals surface area (Å²) in [7, 11) is -3.53. The van der Waals surface area contributed by atoms with Crippen molar-refractivity contribution in [3.05, 3.63) is 83.6 Å². The van der Waals surface area contributed by atoms with Crippen molar-refractivity contribution in [3.63, 3.8) is 0 Å². The summed E-state index contributed by atoms with van der Waals surface area (Å²) in [4.78, 5) is 21.5. The highest BCUT2D eigenvalue weighted by Crippen LogP contribution is 2.20. The second-order valence-corrected chi connectivity index (χ2v) is 10.0. The minimum atomic E-state index is -3.53. The number of sulfone groups is 1. The fourth-order valence-corrected chi connectivity index (χ4v) is 4.98. The first-order valence-electron chi connectivity index (χ1n) is 10.7. The van der Waals surface area contributed by atoms with E-state index < -0.39 is 9.84 Å². The van der Waals surface area contributed by atoms with Crippen LogP contribution < -0.4 is 0 Å². The van der Waals surface area contributed by atoms with Crippen LogP contribution in [0.4, 0.5) is 0 Å². The summed E-state index contributed by atoms with van der Waals surface area (Å²) >= 11 is 0. The Hall–Kier alpha value is -2.97. The lowest BCUT2D eigenvalue weighted by Gasteiger charge is -2.34. The number of hydrogen-bond acceptors (Lipinski definition) is 6. The van der Waals surface area contributed by atoms with Gasteiger partial charge in [0.1, 0.15) is 11.5 Å². The van der Waals surface area contributed by atoms with Gasteiger partial charge in [0.25, 0.3) is 5.91 Å². The van der Waals surface area contributed by atoms with E-state index >= 15 is 0 Å². The number of piperazine rings is 1. The number of carbonyl (C=O) groups excluding carboxylic acids is 1. The first kappa shape index (κ1) is 22.2. The Balaban J connectivity index is 1.30. The number of benzene rings is 1. The second kappa shape index (κ2) is 9.67. The Labute approximate surface area is 188 Å². The molecule has 1 saturated heterocycles. The first-order chi connectivity index (χ1) is 15.4. The second-order valence-electron chi connectivity index (χ2n) is 8.04. The number of pyridine rings is 1. The van der Waals surface area contributed by atoms with Crippen LogP contribution in [0.5, 0.6) is 0 Å². The average Bonchev–Trinajstić information content (AvgIpc) is 3.26. The molecule has 1 aromatic carbocycles. The van der Waals surface area contributed by atoms with Crippen molar-refractivity contribution in [2.45, 2.75) is 24.0 Å². The summed E-state index contributed by atoms with van der Waals surface area (Å²) in [5, 5.41) is 0. The highest BCUT2D eigenvalue weighted by atomic mass is 32.2. The fraction of sp³-hybridized carbons (Fsp3) is 0.333. The lowest BCUT2D eigenvalue weighted by atomic mass is 10.2. The van der Waals surface area contributed by atoms with Crippen LogP contribution in [-0.4, -0.2) is 61.8 Å². The Morgan fingerprint density at radius 1 is 1.00 bits per heavy atom. The summed E-state index contributed by atoms with van der Waals surface area (Å²) in [5.74, 6) is -0.0257. The largest absolute Gasteiger partial charge is 0.455 e. The topological polar surface area (TPSA) is 83.7 Å². The van der Waals surface area contributed by atoms with Gasteiger partial charge in [-0.25, -0.2) is 8.42 Å². The number of aryl methyl sites for hydroxylation is 1. The smallest absolute Gasteiger partial charge is 0.289 e. The molecule has 8 heteroatoms. The number of rotatable bonds is 7. The van der Waals surface area contributed by atoms with E-state index in [1.165, 1.54) is 0 Å². The maximum atomic E-state index is 12.8. The Morgan fingerprint density at radius 3 is 2.44 bits per heavy atom. The van der Waals surface area contributed by atoms with Crippen molar-refractivity contribution in [2.75, 3.05) is 32.7 Å². The monoisotopic (exact) mass is 453 g/mol. The third-order valence-electron chi connectivity index (χ3n) is 5.65. The highest BCUT2D eigenvalue weighted by molar-refractivity contribution is 7.90. The molecule has 4 rings (SSSR count). The Morgan fingerprint density at radius 2 is 1.75 bits per heavy atom. The molecule has 168 valence electrons. The molecule has 0 saturated carbocycles. The summed E-state index contributed by atoms with van der Waals surface area (Å²) in [6, 6.07) is 15.8. The zero-order chi connectivity index (χ0) is 22.6. The van der Waals surface area contributed by atoms with Crippen LogP contribution in [0.15, 0.2) is 70.1 Å². The van der Waals surface area contributed by atoms with Gasteiger partial charge in [-0.2, -0.15) is 0 Å². The third-order valence-corrected chi connectivity index (χ3v) is 7.31. The Kier molecular flexibility index (Phi) is 6.72. The van der Waals surface area contributed by atoms with Gasteiger partial charge in [0, 0.05) is 51.0 Å². The molecule has 32 heavy (non-hydrogen) atoms. The average molecular weight is 454 g/mol. The molecule has 0 radical (unpaired) electrons. The van der Waals surface area contributed by atoms with E-state index in [1.807, 2.05) is 25.1 Å². The van der Waals surface area contributed by atoms with Gasteiger partial charge in [0.2, 0.25) is 0 Å². The molecule has 3 heterocycles. The maximum Gasteiger partial charge on any atom is 0.289 e. The van der Waals surface area contributed by atoms with Gasteiger partial charge in [-0.05, 0) is 43.3 Å². The number of hydrogen-bond donors (Lipinski definition) is 0. The molecule has 0 aliphatic carbocycles. The molecule has 1 amide bonds. The molecule has 0 unspecified atom stereocenters. The van der Waals surface area contributed by atoms with E-state index in [0.29, 0.717) is 13.1 Å². The summed E-state index contributed by atoms with van der Waals surface area (Å²) in [6.45, 7) is 5.60. The number of amides is 1. The maximum absolute atomic E-state index is 12.8. The summed E-state index contributed by atoms with van der Waals surface area (Å²) < 4.78 is 30.9. The van der Waals surface area contributed by atoms with Gasteiger partial charge in [-0.3, -0.25) is 14.7 Å². The number of furan rings is 1. The predicted molar refractivity (Wildman–Crippen MR) is 121 cm³/mol. The molecule has 1 aliphatic heterocycles. The predicted octanol–water partition coefficient (Wildman–Crippen LogP) is 2.96. The van der Waals surface area contributed by atoms with Crippen LogP contribution in [0.1, 0.15) is 27.6 Å². The standard InChI is InChI=1S/C24H27N3O4S/c1-19-5-8-22(9-6-19)32(29,30)18-21-7-10-23(31-21)24(28)27-16-14-26(15-17-27)13-11-20-4-2-3-12-25-20/h2-10,12H,11,13-18H2,1H3. The molecule has 0 spiro atoms. The quantitative estimate of drug-likeness (QED) is 0.547. The molecule has 1 aliphatic rings. The summed E-state index contributed by atoms with van der Waals surface area (Å²) in [6.07, 6.45) is 2.68. The third kappa shape index (κ3) is 5.44. The SMILES string of the molecule is Cc1ccc(S(=O)(=O)Cc2ccc(C(=O)N3CCN(CCc4ccccn4)CC3)o2)cc1. The van der Waals surface area contributed by atoms with E-state index in [0.717, 1.165) is 37.3 Å². The van der Waals surface area contributed by atoms with Crippen LogP contribution >= 0.6 is 0 Å². The lowest BCUT2D eigenvalue weighted by molar-refractivity contribution is 0.0606. The van der Waals surface area contributed by atoms with Gasteiger partial charge >= 0.3 is 0 Å². The van der Waals surface area contributed by atoms with Crippen molar-refractivity contribution in [1.29, 1.82) is 0 Å². The molecule has 0 N–H and O–H groups in total. The van der Waals surface area contributed by atoms with Crippen LogP contribution in [0.25, 0.3) is 0 Å². The van der Waals surface area contributed by atoms with Crippen LogP contribution in [0.2, 0.25) is 0 Å². The zero-order valence-corrected chi connectivity index (χ0v) is 18.9. The molecule has 2 aromatic heterocycles. The van der Waals surface area contributed by atoms with Gasteiger partial charge in [-0.15, -0.1) is 0 Å². The fourth-order valence-electron chi connectivity index (χ4n) is 3.74. The number of carbonyl (C=O) groups is 1. The van der Waals surface area contributed by atoms with Gasteiger partial charge in [-0.1, -0.05) is 23.8 Å². The zero-order valence-electron chi connectivity index (χ0n) is 18.1. The highest BCUT2D eigenvalue weighted by Gasteiger charge is 2.25. The first-order valence-corrected chi connectivity index (χ1v) is 12.4. The molecule has 7 nitrogen and oxygen atoms in total. The van der Waals surface area contributed by atoms with E-state index in [9.17, 15) is 13.2 Å². The van der Waals surface area contributed by atoms with Crippen molar-refractivity contribution in [3.8, 4) is 0 Å². The van der Waals surface area contributed by atoms with Gasteiger partial charge in [0.15, 0.2) is 15.6 Å². The van der Waals surface area contributed by atoms with E-state index in [4.69, 9.17) is 4.42 Å². The van der Waals surface area contributed by atoms with Crippen LogP contribution in [0, 0.1) is 6.92 Å². The van der Waals surface area contributed by atoms with E-state index in [-0.39, 0.29) is 28.1 Å². The molecule has 0 atom stereocenters. The molecule has 3 aromatic rings. The van der Waals surface area contributed by atoms with Crippen molar-refractivity contribution in [2.24, 2.45) is 0 Å². The number of nitrogens with zero attached hydrogens (tertiary/aromatic N) is 3. The van der Waals surface area contributed by atoms with E-state index in [2.05, 4.69) is 9.88 Å². The van der Waals surface area contributed by atoms with Crippen molar-refractivity contribution < 1.29 is 17.6 Å². The van der Waals surface area contributed by atoms with E-state index in [1.54, 1.807) is 47.5 Å². The summed E-state index contributed by atoms with van der Waals surface area (Å²) in [5.41, 5.74) is 2.06. The molecule has 0 bridgehead atoms. The molecular weight excluding hydrogens is 426 g/mol.